The lowest BCUT2D eigenvalue weighted by atomic mass is 10.1. The van der Waals surface area contributed by atoms with Crippen LogP contribution in [0.15, 0.2) is 47.4 Å². The van der Waals surface area contributed by atoms with E-state index >= 15 is 0 Å². The highest BCUT2D eigenvalue weighted by atomic mass is 32.2. The van der Waals surface area contributed by atoms with Crippen LogP contribution in [0, 0.1) is 6.92 Å². The smallest absolute Gasteiger partial charge is 0.243 e. The molecule has 5 rings (SSSR count). The van der Waals surface area contributed by atoms with Crippen LogP contribution in [0.2, 0.25) is 0 Å². The molecule has 2 aliphatic heterocycles. The number of hydrogen-bond donors (Lipinski definition) is 0. The van der Waals surface area contributed by atoms with Crippen LogP contribution >= 0.6 is 11.5 Å². The highest BCUT2D eigenvalue weighted by Crippen LogP contribution is 2.32. The first-order valence-electron chi connectivity index (χ1n) is 11.3. The molecular weight excluding hydrogens is 470 g/mol. The quantitative estimate of drug-likeness (QED) is 0.487. The van der Waals surface area contributed by atoms with E-state index in [-0.39, 0.29) is 10.9 Å². The van der Waals surface area contributed by atoms with E-state index in [4.69, 9.17) is 4.98 Å². The molecule has 178 valence electrons. The van der Waals surface area contributed by atoms with Gasteiger partial charge in [0.2, 0.25) is 21.6 Å². The molecule has 2 aromatic carbocycles. The van der Waals surface area contributed by atoms with Gasteiger partial charge in [-0.25, -0.2) is 13.4 Å². The summed E-state index contributed by atoms with van der Waals surface area (Å²) >= 11 is 1.37. The van der Waals surface area contributed by atoms with Gasteiger partial charge >= 0.3 is 0 Å². The van der Waals surface area contributed by atoms with E-state index in [2.05, 4.69) is 40.5 Å². The zero-order valence-electron chi connectivity index (χ0n) is 19.2. The maximum absolute atomic E-state index is 13.4. The number of rotatable bonds is 6. The second kappa shape index (κ2) is 9.09. The standard InChI is InChI=1S/C24H27N5O3S2/c1-17-3-5-19(6-4-17)13-23-25-24(33-26-23)27-11-12-29(18(2)15-27)34(31,32)21-7-8-22-20(14-21)9-10-28(22)16-30/h3-8,14,16,18H,9-13,15H2,1-2H3. The van der Waals surface area contributed by atoms with Gasteiger partial charge in [0.15, 0.2) is 0 Å². The van der Waals surface area contributed by atoms with Crippen molar-refractivity contribution in [2.45, 2.75) is 37.6 Å². The molecule has 0 saturated carbocycles. The van der Waals surface area contributed by atoms with E-state index in [0.717, 1.165) is 28.6 Å². The van der Waals surface area contributed by atoms with Crippen LogP contribution in [-0.4, -0.2) is 60.7 Å². The molecule has 1 fully saturated rings. The molecule has 3 aromatic rings. The van der Waals surface area contributed by atoms with Crippen molar-refractivity contribution in [1.82, 2.24) is 13.7 Å². The number of carbonyl (C=O) groups is 1. The molecule has 1 aromatic heterocycles. The van der Waals surface area contributed by atoms with Gasteiger partial charge in [-0.05, 0) is 49.6 Å². The molecule has 10 heteroatoms. The highest BCUT2D eigenvalue weighted by molar-refractivity contribution is 7.89. The lowest BCUT2D eigenvalue weighted by Crippen LogP contribution is -2.54. The normalized spacial score (nSPS) is 18.8. The van der Waals surface area contributed by atoms with Crippen molar-refractivity contribution in [2.24, 2.45) is 0 Å². The van der Waals surface area contributed by atoms with Crippen LogP contribution in [-0.2, 0) is 27.7 Å². The number of nitrogens with zero attached hydrogens (tertiary/aromatic N) is 5. The lowest BCUT2D eigenvalue weighted by Gasteiger charge is -2.38. The van der Waals surface area contributed by atoms with E-state index < -0.39 is 10.0 Å². The van der Waals surface area contributed by atoms with Crippen LogP contribution in [0.5, 0.6) is 0 Å². The third kappa shape index (κ3) is 4.33. The summed E-state index contributed by atoms with van der Waals surface area (Å²) in [5.41, 5.74) is 4.09. The predicted molar refractivity (Wildman–Crippen MR) is 133 cm³/mol. The molecule has 0 aliphatic carbocycles. The number of sulfonamides is 1. The van der Waals surface area contributed by atoms with Gasteiger partial charge < -0.3 is 9.80 Å². The summed E-state index contributed by atoms with van der Waals surface area (Å²) < 4.78 is 32.9. The lowest BCUT2D eigenvalue weighted by molar-refractivity contribution is -0.107. The van der Waals surface area contributed by atoms with Gasteiger partial charge in [-0.3, -0.25) is 4.79 Å². The van der Waals surface area contributed by atoms with Crippen molar-refractivity contribution < 1.29 is 13.2 Å². The maximum Gasteiger partial charge on any atom is 0.243 e. The van der Waals surface area contributed by atoms with Crippen LogP contribution < -0.4 is 9.80 Å². The molecule has 1 unspecified atom stereocenters. The number of fused-ring (bicyclic) bond motifs is 1. The van der Waals surface area contributed by atoms with Gasteiger partial charge in [0.25, 0.3) is 0 Å². The molecule has 0 spiro atoms. The number of aryl methyl sites for hydroxylation is 1. The average molecular weight is 498 g/mol. The molecule has 34 heavy (non-hydrogen) atoms. The number of piperazine rings is 1. The van der Waals surface area contributed by atoms with Crippen molar-refractivity contribution in [3.8, 4) is 0 Å². The first-order valence-corrected chi connectivity index (χ1v) is 13.6. The average Bonchev–Trinajstić information content (AvgIpc) is 3.46. The topological polar surface area (TPSA) is 86.7 Å². The van der Waals surface area contributed by atoms with E-state index in [9.17, 15) is 13.2 Å². The number of amides is 1. The molecule has 8 nitrogen and oxygen atoms in total. The zero-order valence-corrected chi connectivity index (χ0v) is 20.8. The van der Waals surface area contributed by atoms with Gasteiger partial charge in [-0.15, -0.1) is 0 Å². The Labute approximate surface area is 204 Å². The molecule has 0 N–H and O–H groups in total. The Hall–Kier alpha value is -2.82. The summed E-state index contributed by atoms with van der Waals surface area (Å²) in [6, 6.07) is 13.2. The molecule has 1 atom stereocenters. The molecule has 0 bridgehead atoms. The summed E-state index contributed by atoms with van der Waals surface area (Å²) in [6.07, 6.45) is 2.14. The Morgan fingerprint density at radius 3 is 2.65 bits per heavy atom. The Balaban J connectivity index is 1.27. The largest absolute Gasteiger partial charge is 0.344 e. The van der Waals surface area contributed by atoms with Crippen molar-refractivity contribution in [2.75, 3.05) is 36.0 Å². The Bertz CT molecular complexity index is 1310. The first kappa shape index (κ1) is 22.9. The minimum atomic E-state index is -3.63. The Morgan fingerprint density at radius 2 is 1.91 bits per heavy atom. The van der Waals surface area contributed by atoms with Crippen LogP contribution in [0.25, 0.3) is 0 Å². The van der Waals surface area contributed by atoms with Crippen molar-refractivity contribution in [1.29, 1.82) is 0 Å². The van der Waals surface area contributed by atoms with Gasteiger partial charge in [0, 0.05) is 55.9 Å². The van der Waals surface area contributed by atoms with Crippen LogP contribution in [0.3, 0.4) is 0 Å². The Morgan fingerprint density at radius 1 is 1.12 bits per heavy atom. The third-order valence-corrected chi connectivity index (χ3v) is 9.32. The third-order valence-electron chi connectivity index (χ3n) is 6.49. The van der Waals surface area contributed by atoms with E-state index in [1.807, 2.05) is 6.92 Å². The van der Waals surface area contributed by atoms with Crippen molar-refractivity contribution in [3.05, 3.63) is 65.0 Å². The number of aromatic nitrogens is 2. The second-order valence-corrected chi connectivity index (χ2v) is 11.5. The SMILES string of the molecule is Cc1ccc(Cc2nsc(N3CCN(S(=O)(=O)c4ccc5c(c4)CCN5C=O)C(C)C3)n2)cc1. The van der Waals surface area contributed by atoms with Gasteiger partial charge in [0.1, 0.15) is 5.82 Å². The van der Waals surface area contributed by atoms with E-state index in [0.29, 0.717) is 39.0 Å². The molecule has 3 heterocycles. The fourth-order valence-electron chi connectivity index (χ4n) is 4.61. The molecule has 1 amide bonds. The van der Waals surface area contributed by atoms with Gasteiger partial charge in [0.05, 0.1) is 4.90 Å². The number of benzene rings is 2. The summed E-state index contributed by atoms with van der Waals surface area (Å²) in [5.74, 6) is 0.786. The molecular formula is C24H27N5O3S2. The minimum absolute atomic E-state index is 0.206. The fraction of sp³-hybridized carbons (Fsp3) is 0.375. The number of carbonyl (C=O) groups excluding carboxylic acids is 1. The minimum Gasteiger partial charge on any atom is -0.344 e. The number of anilines is 2. The van der Waals surface area contributed by atoms with Crippen LogP contribution in [0.4, 0.5) is 10.8 Å². The summed E-state index contributed by atoms with van der Waals surface area (Å²) in [4.78, 5) is 19.9. The molecule has 1 saturated heterocycles. The second-order valence-electron chi connectivity index (χ2n) is 8.91. The van der Waals surface area contributed by atoms with E-state index in [1.165, 1.54) is 22.7 Å². The summed E-state index contributed by atoms with van der Waals surface area (Å²) in [6.45, 7) is 6.09. The van der Waals surface area contributed by atoms with Gasteiger partial charge in [-0.2, -0.15) is 8.68 Å². The predicted octanol–water partition coefficient (Wildman–Crippen LogP) is 2.86. The maximum atomic E-state index is 13.4. The van der Waals surface area contributed by atoms with Crippen molar-refractivity contribution in [3.63, 3.8) is 0 Å². The van der Waals surface area contributed by atoms with Crippen LogP contribution in [0.1, 0.15) is 29.4 Å². The highest BCUT2D eigenvalue weighted by Gasteiger charge is 2.35. The zero-order chi connectivity index (χ0) is 23.9. The summed E-state index contributed by atoms with van der Waals surface area (Å²) in [5, 5.41) is 0.831. The van der Waals surface area contributed by atoms with Gasteiger partial charge in [-0.1, -0.05) is 29.8 Å². The summed E-state index contributed by atoms with van der Waals surface area (Å²) in [7, 11) is -3.63. The van der Waals surface area contributed by atoms with E-state index in [1.54, 1.807) is 27.4 Å². The van der Waals surface area contributed by atoms with Crippen molar-refractivity contribution >= 4 is 38.8 Å². The first-order chi connectivity index (χ1) is 16.3. The Kier molecular flexibility index (Phi) is 6.13. The number of hydrogen-bond acceptors (Lipinski definition) is 7. The fourth-order valence-corrected chi connectivity index (χ4v) is 7.00. The molecule has 2 aliphatic rings. The monoisotopic (exact) mass is 497 g/mol. The molecule has 0 radical (unpaired) electrons.